The van der Waals surface area contributed by atoms with Crippen molar-refractivity contribution >= 4 is 17.1 Å². The van der Waals surface area contributed by atoms with Gasteiger partial charge >= 0.3 is 11.7 Å². The van der Waals surface area contributed by atoms with Crippen LogP contribution in [0.3, 0.4) is 0 Å². The van der Waals surface area contributed by atoms with Gasteiger partial charge in [0.1, 0.15) is 6.61 Å². The summed E-state index contributed by atoms with van der Waals surface area (Å²) in [5, 5.41) is 0. The summed E-state index contributed by atoms with van der Waals surface area (Å²) < 4.78 is 11.8. The summed E-state index contributed by atoms with van der Waals surface area (Å²) in [6, 6.07) is 14.9. The molecular formula is C18H17NO4. The van der Waals surface area contributed by atoms with Crippen molar-refractivity contribution in [2.24, 2.45) is 0 Å². The molecule has 0 aliphatic heterocycles. The molecular weight excluding hydrogens is 294 g/mol. The maximum absolute atomic E-state index is 11.9. The van der Waals surface area contributed by atoms with Crippen molar-refractivity contribution in [3.8, 4) is 0 Å². The summed E-state index contributed by atoms with van der Waals surface area (Å²) in [6.07, 6.45) is 0.120. The third-order valence-corrected chi connectivity index (χ3v) is 3.63. The second-order valence-electron chi connectivity index (χ2n) is 5.38. The number of hydrogen-bond donors (Lipinski definition) is 0. The Kier molecular flexibility index (Phi) is 4.28. The fourth-order valence-electron chi connectivity index (χ4n) is 2.35. The molecule has 1 heterocycles. The van der Waals surface area contributed by atoms with Gasteiger partial charge in [0.15, 0.2) is 5.58 Å². The molecule has 0 fully saturated rings. The van der Waals surface area contributed by atoms with Crippen LogP contribution in [0.25, 0.3) is 11.1 Å². The molecule has 0 saturated heterocycles. The van der Waals surface area contributed by atoms with E-state index in [1.54, 1.807) is 18.2 Å². The zero-order chi connectivity index (χ0) is 16.2. The highest BCUT2D eigenvalue weighted by molar-refractivity contribution is 5.73. The van der Waals surface area contributed by atoms with E-state index < -0.39 is 5.76 Å². The van der Waals surface area contributed by atoms with Crippen LogP contribution in [0.1, 0.15) is 17.5 Å². The van der Waals surface area contributed by atoms with Crippen LogP contribution in [0.15, 0.2) is 57.7 Å². The summed E-state index contributed by atoms with van der Waals surface area (Å²) >= 11 is 0. The van der Waals surface area contributed by atoms with Crippen molar-refractivity contribution in [3.05, 3.63) is 70.2 Å². The maximum atomic E-state index is 11.9. The van der Waals surface area contributed by atoms with Crippen molar-refractivity contribution in [2.75, 3.05) is 0 Å². The minimum atomic E-state index is -0.461. The topological polar surface area (TPSA) is 61.4 Å². The van der Waals surface area contributed by atoms with E-state index in [4.69, 9.17) is 9.15 Å². The Morgan fingerprint density at radius 3 is 2.65 bits per heavy atom. The highest BCUT2D eigenvalue weighted by Gasteiger charge is 2.11. The monoisotopic (exact) mass is 311 g/mol. The first-order chi connectivity index (χ1) is 11.1. The number of ether oxygens (including phenoxy) is 1. The molecule has 3 rings (SSSR count). The molecule has 0 amide bonds. The Morgan fingerprint density at radius 1 is 1.13 bits per heavy atom. The van der Waals surface area contributed by atoms with Gasteiger partial charge < -0.3 is 9.15 Å². The van der Waals surface area contributed by atoms with Gasteiger partial charge in [-0.2, -0.15) is 0 Å². The Balaban J connectivity index is 1.59. The van der Waals surface area contributed by atoms with Crippen LogP contribution in [-0.4, -0.2) is 10.5 Å². The fourth-order valence-corrected chi connectivity index (χ4v) is 2.35. The number of nitrogens with zero attached hydrogens (tertiary/aromatic N) is 1. The third-order valence-electron chi connectivity index (χ3n) is 3.63. The van der Waals surface area contributed by atoms with Crippen LogP contribution >= 0.6 is 0 Å². The van der Waals surface area contributed by atoms with Crippen LogP contribution in [0, 0.1) is 6.92 Å². The summed E-state index contributed by atoms with van der Waals surface area (Å²) in [4.78, 5) is 23.7. The summed E-state index contributed by atoms with van der Waals surface area (Å²) in [7, 11) is 0. The number of benzene rings is 2. The molecule has 0 saturated carbocycles. The van der Waals surface area contributed by atoms with Crippen LogP contribution in [0.5, 0.6) is 0 Å². The van der Waals surface area contributed by atoms with Gasteiger partial charge in [-0.3, -0.25) is 9.36 Å². The lowest BCUT2D eigenvalue weighted by Crippen LogP contribution is -2.17. The Morgan fingerprint density at radius 2 is 1.87 bits per heavy atom. The largest absolute Gasteiger partial charge is 0.461 e. The highest BCUT2D eigenvalue weighted by atomic mass is 16.5. The van der Waals surface area contributed by atoms with Gasteiger partial charge in [-0.05, 0) is 24.6 Å². The van der Waals surface area contributed by atoms with Gasteiger partial charge in [0, 0.05) is 6.54 Å². The number of oxazole rings is 1. The Bertz CT molecular complexity index is 874. The molecule has 0 unspecified atom stereocenters. The number of aromatic nitrogens is 1. The van der Waals surface area contributed by atoms with Gasteiger partial charge in [-0.25, -0.2) is 4.79 Å². The molecule has 1 aromatic heterocycles. The van der Waals surface area contributed by atoms with E-state index in [1.165, 1.54) is 4.57 Å². The van der Waals surface area contributed by atoms with Crippen LogP contribution in [0.2, 0.25) is 0 Å². The molecule has 0 atom stereocenters. The van der Waals surface area contributed by atoms with Gasteiger partial charge in [-0.1, -0.05) is 42.0 Å². The van der Waals surface area contributed by atoms with E-state index in [0.717, 1.165) is 11.1 Å². The van der Waals surface area contributed by atoms with Crippen molar-refractivity contribution in [1.29, 1.82) is 0 Å². The molecule has 0 aliphatic rings. The summed E-state index contributed by atoms with van der Waals surface area (Å²) in [6.45, 7) is 2.48. The standard InChI is InChI=1S/C18H17NO4/c1-13-6-8-14(9-7-13)12-22-17(20)10-11-19-15-4-2-3-5-16(15)23-18(19)21/h2-9H,10-12H2,1H3. The molecule has 118 valence electrons. The van der Waals surface area contributed by atoms with Crippen LogP contribution < -0.4 is 5.76 Å². The van der Waals surface area contributed by atoms with Crippen molar-refractivity contribution in [1.82, 2.24) is 4.57 Å². The van der Waals surface area contributed by atoms with E-state index in [1.807, 2.05) is 37.3 Å². The van der Waals surface area contributed by atoms with E-state index >= 15 is 0 Å². The lowest BCUT2D eigenvalue weighted by Gasteiger charge is -2.06. The molecule has 5 nitrogen and oxygen atoms in total. The Hall–Kier alpha value is -2.82. The second kappa shape index (κ2) is 6.52. The minimum Gasteiger partial charge on any atom is -0.461 e. The molecule has 2 aromatic carbocycles. The summed E-state index contributed by atoms with van der Waals surface area (Å²) in [5.41, 5.74) is 3.30. The molecule has 0 N–H and O–H groups in total. The van der Waals surface area contributed by atoms with Gasteiger partial charge in [0.2, 0.25) is 0 Å². The fraction of sp³-hybridized carbons (Fsp3) is 0.222. The van der Waals surface area contributed by atoms with Gasteiger partial charge in [-0.15, -0.1) is 0 Å². The predicted octanol–water partition coefficient (Wildman–Crippen LogP) is 3.04. The molecule has 3 aromatic rings. The van der Waals surface area contributed by atoms with Gasteiger partial charge in [0.05, 0.1) is 11.9 Å². The second-order valence-corrected chi connectivity index (χ2v) is 5.38. The molecule has 23 heavy (non-hydrogen) atoms. The average molecular weight is 311 g/mol. The number of carbonyl (C=O) groups is 1. The predicted molar refractivity (Wildman–Crippen MR) is 86.1 cm³/mol. The number of rotatable bonds is 5. The van der Waals surface area contributed by atoms with E-state index in [-0.39, 0.29) is 25.5 Å². The van der Waals surface area contributed by atoms with Crippen molar-refractivity contribution in [2.45, 2.75) is 26.5 Å². The molecule has 0 spiro atoms. The quantitative estimate of drug-likeness (QED) is 0.680. The average Bonchev–Trinajstić information content (AvgIpc) is 2.87. The zero-order valence-corrected chi connectivity index (χ0v) is 12.8. The Labute approximate surface area is 133 Å². The lowest BCUT2D eigenvalue weighted by atomic mass is 10.2. The van der Waals surface area contributed by atoms with E-state index in [0.29, 0.717) is 11.1 Å². The number of fused-ring (bicyclic) bond motifs is 1. The molecule has 0 bridgehead atoms. The highest BCUT2D eigenvalue weighted by Crippen LogP contribution is 2.12. The first-order valence-electron chi connectivity index (χ1n) is 7.43. The number of aryl methyl sites for hydroxylation is 2. The first kappa shape index (κ1) is 15.1. The zero-order valence-electron chi connectivity index (χ0n) is 12.8. The van der Waals surface area contributed by atoms with Gasteiger partial charge in [0.25, 0.3) is 0 Å². The first-order valence-corrected chi connectivity index (χ1v) is 7.43. The van der Waals surface area contributed by atoms with Crippen LogP contribution in [-0.2, 0) is 22.7 Å². The number of esters is 1. The minimum absolute atomic E-state index is 0.120. The smallest absolute Gasteiger partial charge is 0.419 e. The number of hydrogen-bond acceptors (Lipinski definition) is 4. The maximum Gasteiger partial charge on any atom is 0.419 e. The van der Waals surface area contributed by atoms with Crippen molar-refractivity contribution < 1.29 is 13.9 Å². The van der Waals surface area contributed by atoms with E-state index in [2.05, 4.69) is 0 Å². The normalized spacial score (nSPS) is 10.8. The van der Waals surface area contributed by atoms with E-state index in [9.17, 15) is 9.59 Å². The molecule has 0 radical (unpaired) electrons. The van der Waals surface area contributed by atoms with Crippen molar-refractivity contribution in [3.63, 3.8) is 0 Å². The molecule has 0 aliphatic carbocycles. The molecule has 5 heteroatoms. The third kappa shape index (κ3) is 3.51. The number of carbonyl (C=O) groups excluding carboxylic acids is 1. The SMILES string of the molecule is Cc1ccc(COC(=O)CCn2c(=O)oc3ccccc32)cc1. The lowest BCUT2D eigenvalue weighted by molar-refractivity contribution is -0.145. The van der Waals surface area contributed by atoms with Crippen LogP contribution in [0.4, 0.5) is 0 Å². The number of para-hydroxylation sites is 2. The summed E-state index contributed by atoms with van der Waals surface area (Å²) in [5.74, 6) is -0.805.